The molecule has 1 amide bonds. The van der Waals surface area contributed by atoms with Crippen molar-refractivity contribution in [1.29, 1.82) is 0 Å². The first-order valence-corrected chi connectivity index (χ1v) is 12.5. The summed E-state index contributed by atoms with van der Waals surface area (Å²) in [5.41, 5.74) is -2.39. The van der Waals surface area contributed by atoms with Gasteiger partial charge in [-0.15, -0.1) is 0 Å². The third-order valence-corrected chi connectivity index (χ3v) is 5.51. The number of hydrogen-bond donors (Lipinski definition) is 1. The van der Waals surface area contributed by atoms with Crippen molar-refractivity contribution in [2.45, 2.75) is 96.7 Å². The number of halogens is 3. The van der Waals surface area contributed by atoms with Crippen molar-refractivity contribution in [2.24, 2.45) is 0 Å². The van der Waals surface area contributed by atoms with Crippen LogP contribution < -0.4 is 10.1 Å². The Labute approximate surface area is 212 Å². The highest BCUT2D eigenvalue weighted by Crippen LogP contribution is 2.37. The zero-order valence-electron chi connectivity index (χ0n) is 22.2. The second-order valence-corrected chi connectivity index (χ2v) is 10.6. The van der Waals surface area contributed by atoms with Crippen molar-refractivity contribution in [2.75, 3.05) is 19.8 Å². The predicted molar refractivity (Wildman–Crippen MR) is 133 cm³/mol. The lowest BCUT2D eigenvalue weighted by Crippen LogP contribution is -2.60. The summed E-state index contributed by atoms with van der Waals surface area (Å²) in [6.07, 6.45) is 2.69. The Morgan fingerprint density at radius 2 is 1.72 bits per heavy atom. The molecule has 0 unspecified atom stereocenters. The number of rotatable bonds is 10. The van der Waals surface area contributed by atoms with Crippen LogP contribution in [0.25, 0.3) is 6.08 Å². The van der Waals surface area contributed by atoms with E-state index in [1.54, 1.807) is 46.8 Å². The number of alkyl carbamates (subject to hydrolysis) is 1. The molecule has 0 aromatic heterocycles. The molecule has 1 heterocycles. The van der Waals surface area contributed by atoms with E-state index in [-0.39, 0.29) is 25.6 Å². The SMILES string of the molecule is CCCCCCCOc1ccc(C=CC2(NC(=O)OC(C)(C)C)COC(C)(C)OC2)cc1C(F)(F)F. The van der Waals surface area contributed by atoms with Crippen LogP contribution in [0.3, 0.4) is 0 Å². The van der Waals surface area contributed by atoms with Gasteiger partial charge in [0.2, 0.25) is 0 Å². The van der Waals surface area contributed by atoms with Gasteiger partial charge in [-0.2, -0.15) is 13.2 Å². The van der Waals surface area contributed by atoms with Gasteiger partial charge in [-0.25, -0.2) is 4.79 Å². The maximum absolute atomic E-state index is 13.8. The lowest BCUT2D eigenvalue weighted by molar-refractivity contribution is -0.263. The largest absolute Gasteiger partial charge is 0.493 e. The monoisotopic (exact) mass is 515 g/mol. The molecular formula is C27H40F3NO5. The molecule has 1 saturated heterocycles. The lowest BCUT2D eigenvalue weighted by Gasteiger charge is -2.42. The number of amides is 1. The van der Waals surface area contributed by atoms with Gasteiger partial charge in [0.05, 0.1) is 25.4 Å². The summed E-state index contributed by atoms with van der Waals surface area (Å²) in [4.78, 5) is 12.5. The summed E-state index contributed by atoms with van der Waals surface area (Å²) in [5.74, 6) is -1.05. The molecule has 0 aliphatic carbocycles. The normalized spacial score (nSPS) is 17.7. The Hall–Kier alpha value is -2.26. The Morgan fingerprint density at radius 3 is 2.31 bits per heavy atom. The second kappa shape index (κ2) is 12.3. The van der Waals surface area contributed by atoms with Crippen LogP contribution in [0.4, 0.5) is 18.0 Å². The second-order valence-electron chi connectivity index (χ2n) is 10.6. The minimum atomic E-state index is -4.57. The molecule has 1 fully saturated rings. The van der Waals surface area contributed by atoms with E-state index in [1.165, 1.54) is 12.1 Å². The zero-order chi connectivity index (χ0) is 27.0. The number of unbranched alkanes of at least 4 members (excludes halogenated alkanes) is 4. The molecule has 36 heavy (non-hydrogen) atoms. The Balaban J connectivity index is 2.21. The molecule has 0 bridgehead atoms. The molecule has 1 aromatic carbocycles. The quantitative estimate of drug-likeness (QED) is 0.336. The molecule has 204 valence electrons. The molecule has 1 aliphatic rings. The molecule has 6 nitrogen and oxygen atoms in total. The molecule has 0 atom stereocenters. The molecule has 9 heteroatoms. The fourth-order valence-electron chi connectivity index (χ4n) is 3.55. The van der Waals surface area contributed by atoms with Gasteiger partial charge in [-0.05, 0) is 58.7 Å². The topological polar surface area (TPSA) is 66.0 Å². The molecule has 0 spiro atoms. The van der Waals surface area contributed by atoms with Crippen molar-refractivity contribution in [3.8, 4) is 5.75 Å². The molecule has 2 rings (SSSR count). The highest BCUT2D eigenvalue weighted by Gasteiger charge is 2.41. The van der Waals surface area contributed by atoms with Crippen LogP contribution >= 0.6 is 0 Å². The number of ether oxygens (including phenoxy) is 4. The fourth-order valence-corrected chi connectivity index (χ4v) is 3.55. The van der Waals surface area contributed by atoms with Crippen LogP contribution in [0.5, 0.6) is 5.75 Å². The molecule has 0 radical (unpaired) electrons. The van der Waals surface area contributed by atoms with Crippen molar-refractivity contribution < 1.29 is 36.9 Å². The standard InChI is InChI=1S/C27H40F3NO5/c1-7-8-9-10-11-16-33-22-13-12-20(17-21(22)27(28,29)30)14-15-26(18-34-25(5,6)35-19-26)31-23(32)36-24(2,3)4/h12-15,17H,7-11,16,18-19H2,1-6H3,(H,31,32). The first-order chi connectivity index (χ1) is 16.6. The third kappa shape index (κ3) is 10.0. The lowest BCUT2D eigenvalue weighted by atomic mass is 9.97. The number of hydrogen-bond acceptors (Lipinski definition) is 5. The van der Waals surface area contributed by atoms with Crippen LogP contribution in [-0.4, -0.2) is 42.8 Å². The van der Waals surface area contributed by atoms with Gasteiger partial charge in [0.1, 0.15) is 16.9 Å². The summed E-state index contributed by atoms with van der Waals surface area (Å²) >= 11 is 0. The van der Waals surface area contributed by atoms with E-state index in [0.29, 0.717) is 12.0 Å². The fraction of sp³-hybridized carbons (Fsp3) is 0.667. The van der Waals surface area contributed by atoms with Gasteiger partial charge < -0.3 is 24.3 Å². The van der Waals surface area contributed by atoms with E-state index in [0.717, 1.165) is 31.7 Å². The smallest absolute Gasteiger partial charge is 0.419 e. The summed E-state index contributed by atoms with van der Waals surface area (Å²) in [5, 5.41) is 2.76. The Bertz CT molecular complexity index is 880. The molecular weight excluding hydrogens is 475 g/mol. The van der Waals surface area contributed by atoms with Crippen LogP contribution in [0, 0.1) is 0 Å². The summed E-state index contributed by atoms with van der Waals surface area (Å²) in [6.45, 7) is 11.1. The van der Waals surface area contributed by atoms with E-state index in [9.17, 15) is 18.0 Å². The summed E-state index contributed by atoms with van der Waals surface area (Å²) in [7, 11) is 0. The van der Waals surface area contributed by atoms with E-state index in [2.05, 4.69) is 12.2 Å². The minimum absolute atomic E-state index is 0.0566. The van der Waals surface area contributed by atoms with Crippen LogP contribution in [-0.2, 0) is 20.4 Å². The van der Waals surface area contributed by atoms with Crippen molar-refractivity contribution in [3.63, 3.8) is 0 Å². The summed E-state index contributed by atoms with van der Waals surface area (Å²) in [6, 6.07) is 3.92. The van der Waals surface area contributed by atoms with Crippen LogP contribution in [0.1, 0.15) is 84.8 Å². The minimum Gasteiger partial charge on any atom is -0.493 e. The van der Waals surface area contributed by atoms with E-state index < -0.39 is 34.8 Å². The molecule has 1 N–H and O–H groups in total. The number of alkyl halides is 3. The molecule has 0 saturated carbocycles. The first kappa shape index (κ1) is 30.0. The van der Waals surface area contributed by atoms with Gasteiger partial charge in [-0.1, -0.05) is 50.8 Å². The highest BCUT2D eigenvalue weighted by molar-refractivity contribution is 5.70. The van der Waals surface area contributed by atoms with Gasteiger partial charge in [-0.3, -0.25) is 0 Å². The molecule has 1 aliphatic heterocycles. The van der Waals surface area contributed by atoms with Crippen LogP contribution in [0.15, 0.2) is 24.3 Å². The van der Waals surface area contributed by atoms with Crippen molar-refractivity contribution in [3.05, 3.63) is 35.4 Å². The Kier molecular flexibility index (Phi) is 10.3. The van der Waals surface area contributed by atoms with Crippen molar-refractivity contribution in [1.82, 2.24) is 5.32 Å². The van der Waals surface area contributed by atoms with Crippen LogP contribution in [0.2, 0.25) is 0 Å². The third-order valence-electron chi connectivity index (χ3n) is 5.51. The van der Waals surface area contributed by atoms with Gasteiger partial charge in [0, 0.05) is 0 Å². The van der Waals surface area contributed by atoms with Gasteiger partial charge in [0.15, 0.2) is 5.79 Å². The van der Waals surface area contributed by atoms with E-state index in [4.69, 9.17) is 18.9 Å². The highest BCUT2D eigenvalue weighted by atomic mass is 19.4. The van der Waals surface area contributed by atoms with Crippen molar-refractivity contribution >= 4 is 12.2 Å². The molecule has 1 aromatic rings. The number of benzene rings is 1. The number of carbonyl (C=O) groups excluding carboxylic acids is 1. The Morgan fingerprint density at radius 1 is 1.08 bits per heavy atom. The maximum Gasteiger partial charge on any atom is 0.419 e. The first-order valence-electron chi connectivity index (χ1n) is 12.5. The summed E-state index contributed by atoms with van der Waals surface area (Å²) < 4.78 is 63.6. The van der Waals surface area contributed by atoms with E-state index >= 15 is 0 Å². The van der Waals surface area contributed by atoms with Gasteiger partial charge in [0.25, 0.3) is 0 Å². The predicted octanol–water partition coefficient (Wildman–Crippen LogP) is 7.11. The van der Waals surface area contributed by atoms with E-state index in [1.807, 2.05) is 0 Å². The van der Waals surface area contributed by atoms with Gasteiger partial charge >= 0.3 is 12.3 Å². The number of nitrogens with one attached hydrogen (secondary N) is 1. The average Bonchev–Trinajstić information content (AvgIpc) is 2.75. The average molecular weight is 516 g/mol. The maximum atomic E-state index is 13.8. The zero-order valence-corrected chi connectivity index (χ0v) is 22.2. The number of carbonyl (C=O) groups is 1.